The summed E-state index contributed by atoms with van der Waals surface area (Å²) < 4.78 is 0. The Morgan fingerprint density at radius 1 is 1.07 bits per heavy atom. The van der Waals surface area contributed by atoms with Gasteiger partial charge in [-0.15, -0.1) is 0 Å². The van der Waals surface area contributed by atoms with E-state index in [1.54, 1.807) is 6.21 Å². The van der Waals surface area contributed by atoms with Gasteiger partial charge < -0.3 is 16.4 Å². The molecule has 2 rings (SSSR count). The van der Waals surface area contributed by atoms with Gasteiger partial charge in [0.2, 0.25) is 5.91 Å². The van der Waals surface area contributed by atoms with Crippen LogP contribution in [0.1, 0.15) is 71.6 Å². The van der Waals surface area contributed by atoms with Crippen LogP contribution in [0.2, 0.25) is 0 Å². The van der Waals surface area contributed by atoms with Crippen LogP contribution in [0.25, 0.3) is 0 Å². The topological polar surface area (TPSA) is 126 Å². The van der Waals surface area contributed by atoms with Gasteiger partial charge in [0.1, 0.15) is 5.78 Å². The Labute approximate surface area is 173 Å². The van der Waals surface area contributed by atoms with Crippen LogP contribution < -0.4 is 21.8 Å². The lowest BCUT2D eigenvalue weighted by molar-refractivity contribution is -0.125. The molecule has 164 valence electrons. The molecule has 29 heavy (non-hydrogen) atoms. The van der Waals surface area contributed by atoms with Gasteiger partial charge in [-0.25, -0.2) is 10.2 Å². The maximum atomic E-state index is 12.3. The Morgan fingerprint density at radius 2 is 1.76 bits per heavy atom. The van der Waals surface area contributed by atoms with Gasteiger partial charge in [0.15, 0.2) is 0 Å². The summed E-state index contributed by atoms with van der Waals surface area (Å²) in [4.78, 5) is 36.0. The summed E-state index contributed by atoms with van der Waals surface area (Å²) in [7, 11) is 0. The molecule has 8 heteroatoms. The minimum Gasteiger partial charge on any atom is -0.348 e. The molecule has 5 N–H and O–H groups in total. The number of ketones is 1. The van der Waals surface area contributed by atoms with Crippen molar-refractivity contribution in [3.8, 4) is 0 Å². The van der Waals surface area contributed by atoms with Gasteiger partial charge in [0, 0.05) is 37.1 Å². The second kappa shape index (κ2) is 11.9. The van der Waals surface area contributed by atoms with E-state index in [0.29, 0.717) is 31.1 Å². The van der Waals surface area contributed by atoms with Gasteiger partial charge in [-0.1, -0.05) is 13.8 Å². The summed E-state index contributed by atoms with van der Waals surface area (Å²) >= 11 is 0. The van der Waals surface area contributed by atoms with Crippen molar-refractivity contribution in [1.82, 2.24) is 16.1 Å². The Balaban J connectivity index is 1.64. The van der Waals surface area contributed by atoms with Crippen LogP contribution in [-0.4, -0.2) is 42.6 Å². The van der Waals surface area contributed by atoms with E-state index >= 15 is 0 Å². The number of Topliss-reactive ketones (excluding diaryl/α,β-unsaturated/α-hetero) is 1. The zero-order valence-corrected chi connectivity index (χ0v) is 17.8. The fourth-order valence-corrected chi connectivity index (χ4v) is 4.24. The number of amides is 3. The number of hydrazone groups is 1. The van der Waals surface area contributed by atoms with E-state index in [2.05, 4.69) is 21.2 Å². The summed E-state index contributed by atoms with van der Waals surface area (Å²) in [5, 5.41) is 9.78. The molecule has 0 aromatic rings. The number of nitrogens with one attached hydrogen (secondary N) is 3. The number of carbonyl (C=O) groups is 3. The Morgan fingerprint density at radius 3 is 2.34 bits per heavy atom. The average Bonchev–Trinajstić information content (AvgIpc) is 3.17. The number of hydrogen-bond acceptors (Lipinski definition) is 5. The van der Waals surface area contributed by atoms with Gasteiger partial charge >= 0.3 is 6.03 Å². The third kappa shape index (κ3) is 7.76. The Kier molecular flexibility index (Phi) is 9.57. The van der Waals surface area contributed by atoms with Gasteiger partial charge in [0.05, 0.1) is 6.04 Å². The lowest BCUT2D eigenvalue weighted by atomic mass is 9.79. The maximum absolute atomic E-state index is 12.3. The SMILES string of the molecule is CCC(=O)C1CCC(CNC(=O)N/N=C/[C@H](CC)NC(=O)[C@H]2CC[C@H](N)C2)CC1. The van der Waals surface area contributed by atoms with E-state index in [0.717, 1.165) is 44.9 Å². The number of carbonyl (C=O) groups excluding carboxylic acids is 3. The first-order valence-corrected chi connectivity index (χ1v) is 11.1. The molecule has 2 saturated carbocycles. The minimum atomic E-state index is -0.351. The molecule has 0 radical (unpaired) electrons. The van der Waals surface area contributed by atoms with E-state index in [-0.39, 0.29) is 35.9 Å². The van der Waals surface area contributed by atoms with Gasteiger partial charge in [0.25, 0.3) is 0 Å². The van der Waals surface area contributed by atoms with E-state index in [4.69, 9.17) is 5.73 Å². The molecule has 3 amide bonds. The van der Waals surface area contributed by atoms with Gasteiger partial charge in [-0.3, -0.25) is 9.59 Å². The second-order valence-electron chi connectivity index (χ2n) is 8.43. The van der Waals surface area contributed by atoms with Crippen LogP contribution >= 0.6 is 0 Å². The summed E-state index contributed by atoms with van der Waals surface area (Å²) in [5.74, 6) is 0.961. The normalized spacial score (nSPS) is 28.1. The molecule has 0 unspecified atom stereocenters. The third-order valence-electron chi connectivity index (χ3n) is 6.23. The van der Waals surface area contributed by atoms with Crippen molar-refractivity contribution in [2.75, 3.05) is 6.54 Å². The molecule has 0 heterocycles. The highest BCUT2D eigenvalue weighted by Crippen LogP contribution is 2.29. The predicted octanol–water partition coefficient (Wildman–Crippen LogP) is 2.08. The van der Waals surface area contributed by atoms with Crippen LogP contribution in [-0.2, 0) is 9.59 Å². The van der Waals surface area contributed by atoms with Crippen LogP contribution in [0, 0.1) is 17.8 Å². The number of nitrogens with two attached hydrogens (primary N) is 1. The zero-order valence-electron chi connectivity index (χ0n) is 17.8. The molecule has 8 nitrogen and oxygen atoms in total. The average molecular weight is 408 g/mol. The van der Waals surface area contributed by atoms with Gasteiger partial charge in [-0.2, -0.15) is 5.10 Å². The van der Waals surface area contributed by atoms with Crippen LogP contribution in [0.15, 0.2) is 5.10 Å². The molecule has 2 aliphatic rings. The van der Waals surface area contributed by atoms with Crippen molar-refractivity contribution in [1.29, 1.82) is 0 Å². The quantitative estimate of drug-likeness (QED) is 0.345. The van der Waals surface area contributed by atoms with E-state index < -0.39 is 0 Å². The van der Waals surface area contributed by atoms with E-state index in [1.807, 2.05) is 13.8 Å². The lowest BCUT2D eigenvalue weighted by Crippen LogP contribution is -2.40. The summed E-state index contributed by atoms with van der Waals surface area (Å²) in [5.41, 5.74) is 8.34. The first-order valence-electron chi connectivity index (χ1n) is 11.1. The van der Waals surface area contributed by atoms with Crippen LogP contribution in [0.5, 0.6) is 0 Å². The fraction of sp³-hybridized carbons (Fsp3) is 0.810. The molecule has 0 aliphatic heterocycles. The lowest BCUT2D eigenvalue weighted by Gasteiger charge is -2.27. The number of nitrogens with zero attached hydrogens (tertiary/aromatic N) is 1. The molecule has 3 atom stereocenters. The molecular formula is C21H37N5O3. The molecule has 0 aromatic carbocycles. The number of urea groups is 1. The molecule has 2 fully saturated rings. The highest BCUT2D eigenvalue weighted by molar-refractivity contribution is 5.83. The molecular weight excluding hydrogens is 370 g/mol. The van der Waals surface area contributed by atoms with Crippen molar-refractivity contribution in [2.45, 2.75) is 83.7 Å². The fourth-order valence-electron chi connectivity index (χ4n) is 4.24. The van der Waals surface area contributed by atoms with Gasteiger partial charge in [-0.05, 0) is 57.3 Å². The van der Waals surface area contributed by atoms with Crippen LogP contribution in [0.4, 0.5) is 4.79 Å². The number of hydrogen-bond donors (Lipinski definition) is 4. The predicted molar refractivity (Wildman–Crippen MR) is 113 cm³/mol. The summed E-state index contributed by atoms with van der Waals surface area (Å²) in [6, 6.07) is -0.450. The van der Waals surface area contributed by atoms with Crippen molar-refractivity contribution >= 4 is 23.9 Å². The van der Waals surface area contributed by atoms with Crippen molar-refractivity contribution in [3.63, 3.8) is 0 Å². The smallest absolute Gasteiger partial charge is 0.335 e. The first-order chi connectivity index (χ1) is 13.9. The van der Waals surface area contributed by atoms with E-state index in [9.17, 15) is 14.4 Å². The molecule has 0 bridgehead atoms. The monoisotopic (exact) mass is 407 g/mol. The largest absolute Gasteiger partial charge is 0.348 e. The minimum absolute atomic E-state index is 0.0119. The molecule has 0 saturated heterocycles. The highest BCUT2D eigenvalue weighted by Gasteiger charge is 2.28. The summed E-state index contributed by atoms with van der Waals surface area (Å²) in [6.45, 7) is 4.46. The van der Waals surface area contributed by atoms with Crippen molar-refractivity contribution in [3.05, 3.63) is 0 Å². The van der Waals surface area contributed by atoms with Crippen LogP contribution in [0.3, 0.4) is 0 Å². The Hall–Kier alpha value is -1.96. The molecule has 2 aliphatic carbocycles. The summed E-state index contributed by atoms with van der Waals surface area (Å²) in [6.07, 6.45) is 9.09. The second-order valence-corrected chi connectivity index (χ2v) is 8.43. The molecule has 0 aromatic heterocycles. The first kappa shape index (κ1) is 23.3. The highest BCUT2D eigenvalue weighted by atomic mass is 16.2. The van der Waals surface area contributed by atoms with Crippen molar-refractivity contribution in [2.24, 2.45) is 28.6 Å². The Bertz CT molecular complexity index is 587. The number of rotatable bonds is 9. The standard InChI is InChI=1S/C21H37N5O3/c1-3-18(25-20(28)16-9-10-17(22)11-16)13-24-26-21(29)23-12-14-5-7-15(8-6-14)19(27)4-2/h13-18H,3-12,22H2,1-2H3,(H,25,28)(H2,23,26,29)/b24-13+/t14?,15?,16-,17-,18-/m0/s1. The maximum Gasteiger partial charge on any atom is 0.335 e. The van der Waals surface area contributed by atoms with Crippen molar-refractivity contribution < 1.29 is 14.4 Å². The molecule has 0 spiro atoms. The van der Waals surface area contributed by atoms with E-state index in [1.165, 1.54) is 0 Å². The zero-order chi connectivity index (χ0) is 21.2. The third-order valence-corrected chi connectivity index (χ3v) is 6.23.